The maximum atomic E-state index is 12.9. The number of alkyl halides is 1. The number of nitrogens with zero attached hydrogens (tertiary/aromatic N) is 3. The molecule has 140 valence electrons. The SMILES string of the molecule is CN(C(=O)c1ccn2ncc(-c3ccc(CF)cc3)c2c1)c1ccc(Cl)cc1. The van der Waals surface area contributed by atoms with Crippen LogP contribution in [0.15, 0.2) is 73.1 Å². The summed E-state index contributed by atoms with van der Waals surface area (Å²) in [5, 5.41) is 4.97. The Bertz CT molecular complexity index is 1140. The number of carbonyl (C=O) groups is 1. The quantitative estimate of drug-likeness (QED) is 0.465. The van der Waals surface area contributed by atoms with Gasteiger partial charge in [-0.1, -0.05) is 35.9 Å². The van der Waals surface area contributed by atoms with Crippen LogP contribution in [0, 0.1) is 0 Å². The van der Waals surface area contributed by atoms with E-state index in [2.05, 4.69) is 5.10 Å². The Hall–Kier alpha value is -3.18. The van der Waals surface area contributed by atoms with Gasteiger partial charge in [-0.25, -0.2) is 8.91 Å². The second kappa shape index (κ2) is 7.44. The van der Waals surface area contributed by atoms with Gasteiger partial charge < -0.3 is 4.90 Å². The van der Waals surface area contributed by atoms with Gasteiger partial charge in [-0.05, 0) is 47.5 Å². The molecule has 0 spiro atoms. The van der Waals surface area contributed by atoms with Gasteiger partial charge in [0.2, 0.25) is 0 Å². The molecule has 28 heavy (non-hydrogen) atoms. The summed E-state index contributed by atoms with van der Waals surface area (Å²) >= 11 is 5.93. The van der Waals surface area contributed by atoms with E-state index in [9.17, 15) is 9.18 Å². The molecule has 2 aromatic heterocycles. The molecule has 1 amide bonds. The summed E-state index contributed by atoms with van der Waals surface area (Å²) in [7, 11) is 1.72. The summed E-state index contributed by atoms with van der Waals surface area (Å²) in [6.07, 6.45) is 3.51. The molecule has 0 aliphatic rings. The molecule has 0 atom stereocenters. The van der Waals surface area contributed by atoms with E-state index in [0.29, 0.717) is 16.1 Å². The molecule has 0 N–H and O–H groups in total. The predicted octanol–water partition coefficient (Wildman–Crippen LogP) is 5.40. The van der Waals surface area contributed by atoms with Crippen LogP contribution in [0.5, 0.6) is 0 Å². The molecule has 4 aromatic rings. The summed E-state index contributed by atoms with van der Waals surface area (Å²) in [5.74, 6) is -0.134. The number of rotatable bonds is 4. The van der Waals surface area contributed by atoms with Crippen LogP contribution in [0.25, 0.3) is 16.6 Å². The van der Waals surface area contributed by atoms with Crippen molar-refractivity contribution in [2.24, 2.45) is 0 Å². The lowest BCUT2D eigenvalue weighted by molar-refractivity contribution is 0.0993. The highest BCUT2D eigenvalue weighted by atomic mass is 35.5. The second-order valence-corrected chi connectivity index (χ2v) is 6.91. The highest BCUT2D eigenvalue weighted by Gasteiger charge is 2.16. The predicted molar refractivity (Wildman–Crippen MR) is 110 cm³/mol. The van der Waals surface area contributed by atoms with Gasteiger partial charge >= 0.3 is 0 Å². The van der Waals surface area contributed by atoms with Gasteiger partial charge in [-0.15, -0.1) is 0 Å². The van der Waals surface area contributed by atoms with Gasteiger partial charge in [-0.2, -0.15) is 5.10 Å². The molecule has 0 unspecified atom stereocenters. The van der Waals surface area contributed by atoms with Crippen LogP contribution in [-0.4, -0.2) is 22.6 Å². The molecule has 0 aliphatic carbocycles. The number of anilines is 1. The van der Waals surface area contributed by atoms with E-state index in [1.165, 1.54) is 0 Å². The third-order valence-electron chi connectivity index (χ3n) is 4.71. The van der Waals surface area contributed by atoms with E-state index < -0.39 is 6.67 Å². The van der Waals surface area contributed by atoms with Crippen LogP contribution in [0.2, 0.25) is 5.02 Å². The third kappa shape index (κ3) is 3.37. The standard InChI is InChI=1S/C22H17ClFN3O/c1-26(19-8-6-18(23)7-9-19)22(28)17-10-11-27-21(12-17)20(14-25-27)16-4-2-15(13-24)3-5-16/h2-12,14H,13H2,1H3. The van der Waals surface area contributed by atoms with E-state index in [-0.39, 0.29) is 5.91 Å². The molecule has 0 aliphatic heterocycles. The summed E-state index contributed by atoms with van der Waals surface area (Å²) in [4.78, 5) is 14.5. The maximum absolute atomic E-state index is 12.9. The number of fused-ring (bicyclic) bond motifs is 1. The minimum atomic E-state index is -0.495. The second-order valence-electron chi connectivity index (χ2n) is 6.47. The first-order valence-electron chi connectivity index (χ1n) is 8.73. The number of hydrogen-bond donors (Lipinski definition) is 0. The average Bonchev–Trinajstić information content (AvgIpc) is 3.16. The zero-order chi connectivity index (χ0) is 19.7. The smallest absolute Gasteiger partial charge is 0.258 e. The molecule has 2 aromatic carbocycles. The molecule has 0 saturated heterocycles. The van der Waals surface area contributed by atoms with E-state index in [4.69, 9.17) is 11.6 Å². The fraction of sp³-hybridized carbons (Fsp3) is 0.0909. The third-order valence-corrected chi connectivity index (χ3v) is 4.96. The minimum absolute atomic E-state index is 0.134. The Balaban J connectivity index is 1.70. The summed E-state index contributed by atoms with van der Waals surface area (Å²) in [5.41, 5.74) is 4.54. The van der Waals surface area contributed by atoms with Crippen molar-refractivity contribution >= 4 is 28.7 Å². The van der Waals surface area contributed by atoms with E-state index >= 15 is 0 Å². The van der Waals surface area contributed by atoms with Crippen molar-refractivity contribution < 1.29 is 9.18 Å². The number of pyridine rings is 1. The average molecular weight is 394 g/mol. The van der Waals surface area contributed by atoms with Crippen molar-refractivity contribution in [3.8, 4) is 11.1 Å². The van der Waals surface area contributed by atoms with E-state index in [1.807, 2.05) is 18.2 Å². The number of halogens is 2. The van der Waals surface area contributed by atoms with Crippen LogP contribution >= 0.6 is 11.6 Å². The fourth-order valence-corrected chi connectivity index (χ4v) is 3.21. The van der Waals surface area contributed by atoms with Gasteiger partial charge in [0.1, 0.15) is 6.67 Å². The number of hydrogen-bond acceptors (Lipinski definition) is 2. The molecule has 0 radical (unpaired) electrons. The largest absolute Gasteiger partial charge is 0.311 e. The molecular formula is C22H17ClFN3O. The molecule has 0 fully saturated rings. The lowest BCUT2D eigenvalue weighted by atomic mass is 10.0. The van der Waals surface area contributed by atoms with Crippen LogP contribution in [0.3, 0.4) is 0 Å². The van der Waals surface area contributed by atoms with Crippen molar-refractivity contribution in [1.82, 2.24) is 9.61 Å². The lowest BCUT2D eigenvalue weighted by Gasteiger charge is -2.17. The molecule has 2 heterocycles. The summed E-state index contributed by atoms with van der Waals surface area (Å²) in [6, 6.07) is 17.9. The molecular weight excluding hydrogens is 377 g/mol. The van der Waals surface area contributed by atoms with Gasteiger partial charge in [-0.3, -0.25) is 4.79 Å². The first-order valence-corrected chi connectivity index (χ1v) is 9.11. The van der Waals surface area contributed by atoms with Crippen LogP contribution in [0.1, 0.15) is 15.9 Å². The zero-order valence-corrected chi connectivity index (χ0v) is 15.9. The van der Waals surface area contributed by atoms with Crippen molar-refractivity contribution in [3.63, 3.8) is 0 Å². The highest BCUT2D eigenvalue weighted by molar-refractivity contribution is 6.30. The van der Waals surface area contributed by atoms with Crippen molar-refractivity contribution in [2.45, 2.75) is 6.67 Å². The van der Waals surface area contributed by atoms with Gasteiger partial charge in [0.25, 0.3) is 5.91 Å². The van der Waals surface area contributed by atoms with Crippen LogP contribution < -0.4 is 4.90 Å². The van der Waals surface area contributed by atoms with E-state index in [0.717, 1.165) is 22.3 Å². The Labute approximate surface area is 166 Å². The normalized spacial score (nSPS) is 11.0. The first-order chi connectivity index (χ1) is 13.6. The van der Waals surface area contributed by atoms with Crippen LogP contribution in [-0.2, 0) is 6.67 Å². The first kappa shape index (κ1) is 18.2. The Morgan fingerprint density at radius 2 is 1.82 bits per heavy atom. The Morgan fingerprint density at radius 1 is 1.11 bits per heavy atom. The van der Waals surface area contributed by atoms with E-state index in [1.54, 1.807) is 71.3 Å². The molecule has 0 saturated carbocycles. The van der Waals surface area contributed by atoms with Gasteiger partial charge in [0, 0.05) is 35.1 Å². The van der Waals surface area contributed by atoms with Crippen molar-refractivity contribution in [3.05, 3.63) is 89.2 Å². The summed E-state index contributed by atoms with van der Waals surface area (Å²) in [6.45, 7) is -0.495. The molecule has 4 rings (SSSR count). The van der Waals surface area contributed by atoms with Gasteiger partial charge in [0.15, 0.2) is 0 Å². The molecule has 0 bridgehead atoms. The topological polar surface area (TPSA) is 37.6 Å². The fourth-order valence-electron chi connectivity index (χ4n) is 3.09. The lowest BCUT2D eigenvalue weighted by Crippen LogP contribution is -2.26. The number of carbonyl (C=O) groups excluding carboxylic acids is 1. The van der Waals surface area contributed by atoms with Crippen molar-refractivity contribution in [1.29, 1.82) is 0 Å². The Morgan fingerprint density at radius 3 is 2.50 bits per heavy atom. The molecule has 4 nitrogen and oxygen atoms in total. The minimum Gasteiger partial charge on any atom is -0.311 e. The van der Waals surface area contributed by atoms with Gasteiger partial charge in [0.05, 0.1) is 11.7 Å². The number of aromatic nitrogens is 2. The summed E-state index contributed by atoms with van der Waals surface area (Å²) < 4.78 is 14.5. The zero-order valence-electron chi connectivity index (χ0n) is 15.1. The number of benzene rings is 2. The Kier molecular flexibility index (Phi) is 4.84. The molecule has 6 heteroatoms. The maximum Gasteiger partial charge on any atom is 0.258 e. The monoisotopic (exact) mass is 393 g/mol. The highest BCUT2D eigenvalue weighted by Crippen LogP contribution is 2.26. The number of amides is 1. The van der Waals surface area contributed by atoms with Crippen LogP contribution in [0.4, 0.5) is 10.1 Å². The van der Waals surface area contributed by atoms with Crippen molar-refractivity contribution in [2.75, 3.05) is 11.9 Å².